The van der Waals surface area contributed by atoms with Crippen LogP contribution >= 0.6 is 15.9 Å². The number of methoxy groups -OCH3 is 2. The predicted molar refractivity (Wildman–Crippen MR) is 78.4 cm³/mol. The van der Waals surface area contributed by atoms with Crippen LogP contribution in [0, 0.1) is 0 Å². The maximum Gasteiger partial charge on any atom is 0.237 e. The molecular weight excluding hydrogens is 324 g/mol. The van der Waals surface area contributed by atoms with Crippen molar-refractivity contribution in [2.75, 3.05) is 14.2 Å². The lowest BCUT2D eigenvalue weighted by molar-refractivity contribution is 0.382. The first-order chi connectivity index (χ1) is 9.71. The van der Waals surface area contributed by atoms with Crippen LogP contribution in [0.3, 0.4) is 0 Å². The zero-order chi connectivity index (χ0) is 14.5. The van der Waals surface area contributed by atoms with Gasteiger partial charge in [0, 0.05) is 16.9 Å². The Bertz CT molecular complexity index is 594. The van der Waals surface area contributed by atoms with Crippen LogP contribution in [0.15, 0.2) is 35.1 Å². The second-order valence-corrected chi connectivity index (χ2v) is 4.79. The third kappa shape index (κ3) is 2.90. The van der Waals surface area contributed by atoms with E-state index in [1.807, 2.05) is 18.2 Å². The Kier molecular flexibility index (Phi) is 4.89. The van der Waals surface area contributed by atoms with Gasteiger partial charge in [-0.3, -0.25) is 10.8 Å². The molecule has 0 saturated carbocycles. The van der Waals surface area contributed by atoms with Crippen LogP contribution < -0.4 is 20.7 Å². The van der Waals surface area contributed by atoms with E-state index < -0.39 is 0 Å². The molecule has 7 heteroatoms. The first-order valence-corrected chi connectivity index (χ1v) is 6.65. The summed E-state index contributed by atoms with van der Waals surface area (Å²) in [6.07, 6.45) is 3.16. The van der Waals surface area contributed by atoms with Gasteiger partial charge in [-0.1, -0.05) is 15.9 Å². The van der Waals surface area contributed by atoms with E-state index in [4.69, 9.17) is 15.3 Å². The zero-order valence-electron chi connectivity index (χ0n) is 11.1. The number of hydrogen-bond donors (Lipinski definition) is 2. The molecule has 6 nitrogen and oxygen atoms in total. The molecule has 2 aromatic rings. The number of hydrogen-bond acceptors (Lipinski definition) is 6. The molecule has 2 rings (SSSR count). The topological polar surface area (TPSA) is 82.3 Å². The van der Waals surface area contributed by atoms with Crippen molar-refractivity contribution in [1.29, 1.82) is 0 Å². The monoisotopic (exact) mass is 338 g/mol. The third-order valence-corrected chi connectivity index (χ3v) is 3.56. The molecule has 0 aliphatic rings. The molecule has 0 fully saturated rings. The van der Waals surface area contributed by atoms with E-state index in [1.54, 1.807) is 26.6 Å². The van der Waals surface area contributed by atoms with Gasteiger partial charge in [0.25, 0.3) is 0 Å². The van der Waals surface area contributed by atoms with Crippen molar-refractivity contribution < 1.29 is 9.47 Å². The van der Waals surface area contributed by atoms with Gasteiger partial charge >= 0.3 is 0 Å². The Hall–Kier alpha value is -1.70. The molecule has 1 atom stereocenters. The van der Waals surface area contributed by atoms with Gasteiger partial charge in [0.1, 0.15) is 11.4 Å². The van der Waals surface area contributed by atoms with Crippen LogP contribution in [-0.2, 0) is 0 Å². The third-order valence-electron chi connectivity index (χ3n) is 2.84. The van der Waals surface area contributed by atoms with Gasteiger partial charge < -0.3 is 9.47 Å². The normalized spacial score (nSPS) is 12.0. The van der Waals surface area contributed by atoms with Crippen LogP contribution in [0.1, 0.15) is 17.3 Å². The summed E-state index contributed by atoms with van der Waals surface area (Å²) in [5.41, 5.74) is 4.22. The SMILES string of the molecule is COc1ccc(Br)c(C(NN)c2nccnc2OC)c1. The minimum absolute atomic E-state index is 0.372. The summed E-state index contributed by atoms with van der Waals surface area (Å²) in [5.74, 6) is 6.84. The number of hydrazine groups is 1. The standard InChI is InChI=1S/C13H15BrN4O2/c1-19-8-3-4-10(14)9(7-8)11(18-15)12-13(20-2)17-6-5-16-12/h3-7,11,18H,15H2,1-2H3. The van der Waals surface area contributed by atoms with Crippen molar-refractivity contribution in [3.05, 3.63) is 46.3 Å². The predicted octanol–water partition coefficient (Wildman–Crippen LogP) is 1.81. The van der Waals surface area contributed by atoms with Crippen molar-refractivity contribution in [3.63, 3.8) is 0 Å². The summed E-state index contributed by atoms with van der Waals surface area (Å²) in [5, 5.41) is 0. The van der Waals surface area contributed by atoms with E-state index in [-0.39, 0.29) is 6.04 Å². The molecule has 0 spiro atoms. The molecule has 0 amide bonds. The van der Waals surface area contributed by atoms with E-state index in [9.17, 15) is 0 Å². The summed E-state index contributed by atoms with van der Waals surface area (Å²) < 4.78 is 11.4. The molecule has 1 unspecified atom stereocenters. The fourth-order valence-corrected chi connectivity index (χ4v) is 2.35. The van der Waals surface area contributed by atoms with Gasteiger partial charge in [0.05, 0.1) is 20.3 Å². The molecular formula is C13H15BrN4O2. The van der Waals surface area contributed by atoms with Crippen LogP contribution in [0.25, 0.3) is 0 Å². The van der Waals surface area contributed by atoms with Crippen LogP contribution in [0.2, 0.25) is 0 Å². The average Bonchev–Trinajstić information content (AvgIpc) is 2.50. The highest BCUT2D eigenvalue weighted by Crippen LogP contribution is 2.33. The highest BCUT2D eigenvalue weighted by molar-refractivity contribution is 9.10. The van der Waals surface area contributed by atoms with Crippen molar-refractivity contribution in [2.24, 2.45) is 5.84 Å². The van der Waals surface area contributed by atoms with Gasteiger partial charge in [-0.25, -0.2) is 10.4 Å². The Morgan fingerprint density at radius 3 is 2.60 bits per heavy atom. The fraction of sp³-hybridized carbons (Fsp3) is 0.231. The van der Waals surface area contributed by atoms with Gasteiger partial charge in [0.2, 0.25) is 5.88 Å². The molecule has 0 bridgehead atoms. The Labute approximate surface area is 125 Å². The summed E-state index contributed by atoms with van der Waals surface area (Å²) in [6, 6.07) is 5.25. The number of halogens is 1. The molecule has 0 radical (unpaired) electrons. The summed E-state index contributed by atoms with van der Waals surface area (Å²) in [7, 11) is 3.16. The number of ether oxygens (including phenoxy) is 2. The molecule has 0 aliphatic heterocycles. The summed E-state index contributed by atoms with van der Waals surface area (Å²) in [4.78, 5) is 8.44. The smallest absolute Gasteiger partial charge is 0.237 e. The van der Waals surface area contributed by atoms with Gasteiger partial charge in [-0.2, -0.15) is 0 Å². The molecule has 106 valence electrons. The van der Waals surface area contributed by atoms with Crippen LogP contribution in [-0.4, -0.2) is 24.2 Å². The first kappa shape index (κ1) is 14.7. The van der Waals surface area contributed by atoms with Gasteiger partial charge in [0.15, 0.2) is 0 Å². The largest absolute Gasteiger partial charge is 0.497 e. The number of nitrogens with two attached hydrogens (primary N) is 1. The molecule has 1 heterocycles. The maximum absolute atomic E-state index is 5.69. The second kappa shape index (κ2) is 6.65. The Morgan fingerprint density at radius 2 is 1.95 bits per heavy atom. The molecule has 1 aromatic carbocycles. The van der Waals surface area contributed by atoms with E-state index >= 15 is 0 Å². The lowest BCUT2D eigenvalue weighted by Crippen LogP contribution is -2.30. The molecule has 3 N–H and O–H groups in total. The second-order valence-electron chi connectivity index (χ2n) is 3.94. The molecule has 20 heavy (non-hydrogen) atoms. The quantitative estimate of drug-likeness (QED) is 0.639. The van der Waals surface area contributed by atoms with Crippen LogP contribution in [0.4, 0.5) is 0 Å². The number of nitrogens with one attached hydrogen (secondary N) is 1. The maximum atomic E-state index is 5.69. The average molecular weight is 339 g/mol. The fourth-order valence-electron chi connectivity index (χ4n) is 1.88. The van der Waals surface area contributed by atoms with Crippen molar-refractivity contribution in [1.82, 2.24) is 15.4 Å². The van der Waals surface area contributed by atoms with E-state index in [0.717, 1.165) is 15.8 Å². The van der Waals surface area contributed by atoms with Crippen molar-refractivity contribution in [2.45, 2.75) is 6.04 Å². The van der Waals surface area contributed by atoms with Crippen molar-refractivity contribution >= 4 is 15.9 Å². The summed E-state index contributed by atoms with van der Waals surface area (Å²) in [6.45, 7) is 0. The van der Waals surface area contributed by atoms with Gasteiger partial charge in [-0.05, 0) is 23.8 Å². The number of benzene rings is 1. The lowest BCUT2D eigenvalue weighted by Gasteiger charge is -2.19. The molecule has 0 aliphatic carbocycles. The molecule has 1 aromatic heterocycles. The Morgan fingerprint density at radius 1 is 1.20 bits per heavy atom. The van der Waals surface area contributed by atoms with Crippen LogP contribution in [0.5, 0.6) is 11.6 Å². The Balaban J connectivity index is 2.52. The van der Waals surface area contributed by atoms with E-state index in [2.05, 4.69) is 31.3 Å². The van der Waals surface area contributed by atoms with E-state index in [1.165, 1.54) is 0 Å². The lowest BCUT2D eigenvalue weighted by atomic mass is 10.0. The van der Waals surface area contributed by atoms with Crippen molar-refractivity contribution in [3.8, 4) is 11.6 Å². The molecule has 0 saturated heterocycles. The minimum Gasteiger partial charge on any atom is -0.497 e. The summed E-state index contributed by atoms with van der Waals surface area (Å²) >= 11 is 3.50. The van der Waals surface area contributed by atoms with E-state index in [0.29, 0.717) is 11.6 Å². The first-order valence-electron chi connectivity index (χ1n) is 5.85. The minimum atomic E-state index is -0.372. The number of aromatic nitrogens is 2. The number of rotatable bonds is 5. The highest BCUT2D eigenvalue weighted by Gasteiger charge is 2.22. The zero-order valence-corrected chi connectivity index (χ0v) is 12.7. The van der Waals surface area contributed by atoms with Gasteiger partial charge in [-0.15, -0.1) is 0 Å². The number of nitrogens with zero attached hydrogens (tertiary/aromatic N) is 2. The highest BCUT2D eigenvalue weighted by atomic mass is 79.9.